The maximum atomic E-state index is 8.14. The molecule has 17 heavy (non-hydrogen) atoms. The first-order valence-corrected chi connectivity index (χ1v) is 5.61. The molecule has 0 aromatic heterocycles. The predicted octanol–water partition coefficient (Wildman–Crippen LogP) is 3.79. The van der Waals surface area contributed by atoms with Crippen molar-refractivity contribution in [3.8, 4) is 11.5 Å². The number of halogens is 1. The lowest BCUT2D eigenvalue weighted by atomic mass is 10.2. The minimum atomic E-state index is 0.317. The van der Waals surface area contributed by atoms with Gasteiger partial charge < -0.3 is 9.47 Å². The molecule has 0 bridgehead atoms. The zero-order chi connectivity index (χ0) is 12.7. The van der Waals surface area contributed by atoms with Crippen LogP contribution in [-0.2, 0) is 0 Å². The molecule has 0 radical (unpaired) electrons. The standard InChI is InChI=1S/C11H12BrN3O2/c1-16-9-6-8(4-3-5-14-15-13)7-10(17-2)11(9)12/h3-4,6-7H,5H2,1-2H3. The number of rotatable bonds is 5. The highest BCUT2D eigenvalue weighted by atomic mass is 79.9. The molecule has 6 heteroatoms. The summed E-state index contributed by atoms with van der Waals surface area (Å²) in [5.41, 5.74) is 9.05. The van der Waals surface area contributed by atoms with Gasteiger partial charge in [-0.05, 0) is 39.2 Å². The summed E-state index contributed by atoms with van der Waals surface area (Å²) in [5.74, 6) is 1.38. The summed E-state index contributed by atoms with van der Waals surface area (Å²) < 4.78 is 11.2. The molecular formula is C11H12BrN3O2. The molecule has 0 fully saturated rings. The number of benzene rings is 1. The lowest BCUT2D eigenvalue weighted by Gasteiger charge is -2.09. The van der Waals surface area contributed by atoms with Crippen LogP contribution >= 0.6 is 15.9 Å². The first-order valence-electron chi connectivity index (χ1n) is 4.81. The maximum Gasteiger partial charge on any atom is 0.137 e. The van der Waals surface area contributed by atoms with E-state index in [2.05, 4.69) is 26.0 Å². The molecule has 0 atom stereocenters. The van der Waals surface area contributed by atoms with Crippen molar-refractivity contribution in [2.24, 2.45) is 5.11 Å². The minimum Gasteiger partial charge on any atom is -0.495 e. The van der Waals surface area contributed by atoms with Gasteiger partial charge in [0, 0.05) is 11.5 Å². The summed E-state index contributed by atoms with van der Waals surface area (Å²) in [6.07, 6.45) is 3.61. The largest absolute Gasteiger partial charge is 0.495 e. The number of azide groups is 1. The van der Waals surface area contributed by atoms with Gasteiger partial charge in [0.15, 0.2) is 0 Å². The number of hydrogen-bond donors (Lipinski definition) is 0. The molecule has 1 rings (SSSR count). The van der Waals surface area contributed by atoms with Gasteiger partial charge in [-0.15, -0.1) is 0 Å². The van der Waals surface area contributed by atoms with Crippen LogP contribution in [0.25, 0.3) is 16.5 Å². The molecule has 0 aliphatic carbocycles. The molecule has 1 aromatic carbocycles. The molecule has 0 N–H and O–H groups in total. The molecule has 1 aromatic rings. The number of nitrogens with zero attached hydrogens (tertiary/aromatic N) is 3. The Bertz CT molecular complexity index is 443. The highest BCUT2D eigenvalue weighted by molar-refractivity contribution is 9.10. The Balaban J connectivity index is 3.00. The van der Waals surface area contributed by atoms with E-state index >= 15 is 0 Å². The SMILES string of the molecule is COc1cc(C=CCN=[N+]=[N-])cc(OC)c1Br. The topological polar surface area (TPSA) is 67.2 Å². The lowest BCUT2D eigenvalue weighted by molar-refractivity contribution is 0.389. The van der Waals surface area contributed by atoms with Crippen molar-refractivity contribution in [2.45, 2.75) is 0 Å². The van der Waals surface area contributed by atoms with Crippen LogP contribution in [0.2, 0.25) is 0 Å². The Labute approximate surface area is 108 Å². The number of methoxy groups -OCH3 is 2. The maximum absolute atomic E-state index is 8.14. The fourth-order valence-corrected chi connectivity index (χ4v) is 1.81. The van der Waals surface area contributed by atoms with E-state index in [1.165, 1.54) is 0 Å². The van der Waals surface area contributed by atoms with E-state index in [4.69, 9.17) is 15.0 Å². The van der Waals surface area contributed by atoms with Gasteiger partial charge >= 0.3 is 0 Å². The van der Waals surface area contributed by atoms with Crippen LogP contribution < -0.4 is 9.47 Å². The molecule has 90 valence electrons. The van der Waals surface area contributed by atoms with E-state index in [-0.39, 0.29) is 0 Å². The second kappa shape index (κ2) is 6.83. The molecule has 0 spiro atoms. The fraction of sp³-hybridized carbons (Fsp3) is 0.273. The Kier molecular flexibility index (Phi) is 5.39. The fourth-order valence-electron chi connectivity index (χ4n) is 1.26. The zero-order valence-electron chi connectivity index (χ0n) is 9.55. The summed E-state index contributed by atoms with van der Waals surface area (Å²) in [7, 11) is 3.18. The van der Waals surface area contributed by atoms with Crippen molar-refractivity contribution in [3.63, 3.8) is 0 Å². The van der Waals surface area contributed by atoms with Crippen molar-refractivity contribution < 1.29 is 9.47 Å². The Morgan fingerprint density at radius 2 is 1.94 bits per heavy atom. The average molecular weight is 298 g/mol. The van der Waals surface area contributed by atoms with Gasteiger partial charge in [-0.3, -0.25) is 0 Å². The smallest absolute Gasteiger partial charge is 0.137 e. The summed E-state index contributed by atoms with van der Waals surface area (Å²) in [6.45, 7) is 0.317. The second-order valence-electron chi connectivity index (χ2n) is 3.06. The van der Waals surface area contributed by atoms with Crippen molar-refractivity contribution in [3.05, 3.63) is 38.7 Å². The third-order valence-electron chi connectivity index (χ3n) is 2.03. The molecular weight excluding hydrogens is 286 g/mol. The van der Waals surface area contributed by atoms with E-state index in [9.17, 15) is 0 Å². The zero-order valence-corrected chi connectivity index (χ0v) is 11.1. The molecule has 5 nitrogen and oxygen atoms in total. The van der Waals surface area contributed by atoms with Crippen molar-refractivity contribution in [2.75, 3.05) is 20.8 Å². The molecule has 0 saturated heterocycles. The van der Waals surface area contributed by atoms with Gasteiger partial charge in [0.1, 0.15) is 16.0 Å². The van der Waals surface area contributed by atoms with E-state index in [1.54, 1.807) is 20.3 Å². The molecule has 0 aliphatic heterocycles. The summed E-state index contributed by atoms with van der Waals surface area (Å²) in [4.78, 5) is 2.67. The first-order chi connectivity index (χ1) is 8.22. The van der Waals surface area contributed by atoms with Crippen LogP contribution in [0.5, 0.6) is 11.5 Å². The predicted molar refractivity (Wildman–Crippen MR) is 70.3 cm³/mol. The molecule has 0 heterocycles. The molecule has 0 aliphatic rings. The van der Waals surface area contributed by atoms with Gasteiger partial charge in [-0.1, -0.05) is 17.3 Å². The van der Waals surface area contributed by atoms with Gasteiger partial charge in [0.05, 0.1) is 14.2 Å². The molecule has 0 saturated carbocycles. The lowest BCUT2D eigenvalue weighted by Crippen LogP contribution is -1.91. The van der Waals surface area contributed by atoms with Crippen LogP contribution in [0.1, 0.15) is 5.56 Å². The van der Waals surface area contributed by atoms with Crippen molar-refractivity contribution >= 4 is 22.0 Å². The third-order valence-corrected chi connectivity index (χ3v) is 2.81. The van der Waals surface area contributed by atoms with Gasteiger partial charge in [-0.25, -0.2) is 0 Å². The van der Waals surface area contributed by atoms with Gasteiger partial charge in [0.25, 0.3) is 0 Å². The highest BCUT2D eigenvalue weighted by Gasteiger charge is 2.08. The van der Waals surface area contributed by atoms with E-state index in [0.717, 1.165) is 10.0 Å². The Morgan fingerprint density at radius 3 is 2.41 bits per heavy atom. The Morgan fingerprint density at radius 1 is 1.35 bits per heavy atom. The van der Waals surface area contributed by atoms with Gasteiger partial charge in [-0.2, -0.15) is 0 Å². The second-order valence-corrected chi connectivity index (χ2v) is 3.85. The van der Waals surface area contributed by atoms with Crippen molar-refractivity contribution in [1.82, 2.24) is 0 Å². The summed E-state index contributed by atoms with van der Waals surface area (Å²) in [5, 5.41) is 3.41. The summed E-state index contributed by atoms with van der Waals surface area (Å²) in [6, 6.07) is 3.72. The molecule has 0 unspecified atom stereocenters. The number of ether oxygens (including phenoxy) is 2. The van der Waals surface area contributed by atoms with Crippen LogP contribution in [0.3, 0.4) is 0 Å². The monoisotopic (exact) mass is 297 g/mol. The molecule has 0 amide bonds. The highest BCUT2D eigenvalue weighted by Crippen LogP contribution is 2.35. The van der Waals surface area contributed by atoms with Crippen LogP contribution in [0.15, 0.2) is 27.8 Å². The van der Waals surface area contributed by atoms with E-state index in [0.29, 0.717) is 18.0 Å². The normalized spacial score (nSPS) is 10.1. The third kappa shape index (κ3) is 3.69. The van der Waals surface area contributed by atoms with Crippen LogP contribution in [0.4, 0.5) is 0 Å². The van der Waals surface area contributed by atoms with Crippen LogP contribution in [0, 0.1) is 0 Å². The number of hydrogen-bond acceptors (Lipinski definition) is 3. The first kappa shape index (κ1) is 13.4. The quantitative estimate of drug-likeness (QED) is 0.471. The van der Waals surface area contributed by atoms with E-state index < -0.39 is 0 Å². The van der Waals surface area contributed by atoms with Crippen LogP contribution in [-0.4, -0.2) is 20.8 Å². The summed E-state index contributed by atoms with van der Waals surface area (Å²) >= 11 is 3.39. The van der Waals surface area contributed by atoms with Gasteiger partial charge in [0.2, 0.25) is 0 Å². The Hall–Kier alpha value is -1.65. The average Bonchev–Trinajstić information content (AvgIpc) is 2.36. The minimum absolute atomic E-state index is 0.317. The van der Waals surface area contributed by atoms with E-state index in [1.807, 2.05) is 18.2 Å². The van der Waals surface area contributed by atoms with Crippen molar-refractivity contribution in [1.29, 1.82) is 0 Å².